The summed E-state index contributed by atoms with van der Waals surface area (Å²) in [6.45, 7) is 4.16. The van der Waals surface area contributed by atoms with Crippen LogP contribution in [0.4, 0.5) is 0 Å². The highest BCUT2D eigenvalue weighted by molar-refractivity contribution is 7.46. The molecule has 0 fully saturated rings. The molecule has 0 bridgehead atoms. The van der Waals surface area contributed by atoms with Gasteiger partial charge >= 0.3 is 7.82 Å². The molecule has 0 aromatic carbocycles. The maximum absolute atomic E-state index is 12.7. The smallest absolute Gasteiger partial charge is 0.391 e. The third kappa shape index (κ3) is 44.6. The quantitative estimate of drug-likeness (QED) is 0.0359. The summed E-state index contributed by atoms with van der Waals surface area (Å²) in [5.41, 5.74) is 0. The normalized spacial score (nSPS) is 13.0. The number of hydrogen-bond donors (Lipinski definition) is 4. The Morgan fingerprint density at radius 1 is 0.446 bits per heavy atom. The van der Waals surface area contributed by atoms with Crippen molar-refractivity contribution in [3.63, 3.8) is 0 Å². The van der Waals surface area contributed by atoms with Crippen molar-refractivity contribution in [2.24, 2.45) is 0 Å². The number of rotatable bonds is 47. The van der Waals surface area contributed by atoms with Gasteiger partial charge in [0.05, 0.1) is 18.8 Å². The van der Waals surface area contributed by atoms with Crippen molar-refractivity contribution in [1.29, 1.82) is 0 Å². The number of aliphatic hydroxyl groups excluding tert-OH is 1. The summed E-state index contributed by atoms with van der Waals surface area (Å²) in [6.07, 6.45) is 52.5. The first kappa shape index (κ1) is 55.5. The average Bonchev–Trinajstić information content (AvgIpc) is 3.17. The van der Waals surface area contributed by atoms with Gasteiger partial charge < -0.3 is 20.2 Å². The van der Waals surface area contributed by atoms with Crippen LogP contribution in [0.1, 0.15) is 284 Å². The van der Waals surface area contributed by atoms with E-state index in [4.69, 9.17) is 4.52 Å². The fourth-order valence-corrected chi connectivity index (χ4v) is 8.41. The molecule has 0 aliphatic carbocycles. The molecule has 1 amide bonds. The van der Waals surface area contributed by atoms with E-state index < -0.39 is 26.6 Å². The number of amides is 1. The molecule has 7 nitrogen and oxygen atoms in total. The Kier molecular flexibility index (Phi) is 43.7. The lowest BCUT2D eigenvalue weighted by molar-refractivity contribution is -0.123. The van der Waals surface area contributed by atoms with Gasteiger partial charge in [0.1, 0.15) is 0 Å². The number of carbonyl (C=O) groups is 1. The Balaban J connectivity index is 3.75. The van der Waals surface area contributed by atoms with Crippen LogP contribution in [0.3, 0.4) is 0 Å². The van der Waals surface area contributed by atoms with Crippen LogP contribution in [-0.4, -0.2) is 39.6 Å². The van der Waals surface area contributed by atoms with E-state index in [1.165, 1.54) is 218 Å². The van der Waals surface area contributed by atoms with Gasteiger partial charge in [-0.15, -0.1) is 0 Å². The van der Waals surface area contributed by atoms with Crippen LogP contribution in [0, 0.1) is 0 Å². The Morgan fingerprint density at radius 3 is 0.964 bits per heavy atom. The molecule has 4 N–H and O–H groups in total. The number of phosphoric acid groups is 1. The van der Waals surface area contributed by atoms with Gasteiger partial charge in [0.15, 0.2) is 0 Å². The van der Waals surface area contributed by atoms with Gasteiger partial charge in [0.25, 0.3) is 0 Å². The largest absolute Gasteiger partial charge is 0.469 e. The van der Waals surface area contributed by atoms with Gasteiger partial charge in [0.2, 0.25) is 5.91 Å². The van der Waals surface area contributed by atoms with Crippen LogP contribution in [0.5, 0.6) is 0 Å². The average molecular weight is 816 g/mol. The van der Waals surface area contributed by atoms with Gasteiger partial charge in [-0.25, -0.2) is 4.57 Å². The predicted molar refractivity (Wildman–Crippen MR) is 241 cm³/mol. The van der Waals surface area contributed by atoms with E-state index in [2.05, 4.69) is 19.2 Å². The standard InChI is InChI=1S/C48H98NO6P/c1-3-5-7-9-11-13-15-17-19-21-22-23-24-25-26-27-28-30-32-34-36-38-40-42-44-48(51)49-46(45-55-56(52,53)54)47(50)43-41-39-37-35-33-31-29-20-18-16-14-12-10-8-6-4-2/h46-47,50H,3-45H2,1-2H3,(H,49,51)(H2,52,53,54)/t46-,47+/m0/s1. The molecule has 0 aromatic rings. The molecule has 2 atom stereocenters. The fraction of sp³-hybridized carbons (Fsp3) is 0.979. The summed E-state index contributed by atoms with van der Waals surface area (Å²) in [4.78, 5) is 31.1. The van der Waals surface area contributed by atoms with Gasteiger partial charge in [-0.1, -0.05) is 264 Å². The first-order valence-electron chi connectivity index (χ1n) is 25.0. The summed E-state index contributed by atoms with van der Waals surface area (Å²) < 4.78 is 16.0. The Hall–Kier alpha value is -0.460. The molecule has 0 saturated carbocycles. The van der Waals surface area contributed by atoms with E-state index in [1.54, 1.807) is 0 Å². The molecule has 336 valence electrons. The van der Waals surface area contributed by atoms with Gasteiger partial charge in [0, 0.05) is 6.42 Å². The minimum atomic E-state index is -4.69. The SMILES string of the molecule is CCCCCCCCCCCCCCCCCCCCCCCCCCC(=O)N[C@@H](COP(=O)(O)O)[C@H](O)CCCCCCCCCCCCCCCCCC. The number of phosphoric ester groups is 1. The minimum absolute atomic E-state index is 0.186. The second-order valence-corrected chi connectivity index (χ2v) is 18.7. The van der Waals surface area contributed by atoms with Crippen LogP contribution in [0.2, 0.25) is 0 Å². The molecule has 0 aromatic heterocycles. The lowest BCUT2D eigenvalue weighted by Crippen LogP contribution is -2.46. The minimum Gasteiger partial charge on any atom is -0.391 e. The summed E-state index contributed by atoms with van der Waals surface area (Å²) in [5.74, 6) is -0.186. The molecular weight excluding hydrogens is 718 g/mol. The third-order valence-corrected chi connectivity index (χ3v) is 12.3. The molecule has 0 aliphatic heterocycles. The van der Waals surface area contributed by atoms with Crippen molar-refractivity contribution < 1.29 is 28.8 Å². The first-order chi connectivity index (χ1) is 27.3. The number of nitrogens with one attached hydrogen (secondary N) is 1. The number of hydrogen-bond acceptors (Lipinski definition) is 4. The van der Waals surface area contributed by atoms with E-state index in [-0.39, 0.29) is 5.91 Å². The summed E-state index contributed by atoms with van der Waals surface area (Å²) in [5, 5.41) is 13.6. The highest BCUT2D eigenvalue weighted by Crippen LogP contribution is 2.36. The zero-order valence-electron chi connectivity index (χ0n) is 37.6. The topological polar surface area (TPSA) is 116 Å². The van der Waals surface area contributed by atoms with Crippen LogP contribution in [0.15, 0.2) is 0 Å². The van der Waals surface area contributed by atoms with Crippen LogP contribution in [-0.2, 0) is 13.9 Å². The van der Waals surface area contributed by atoms with Crippen molar-refractivity contribution in [1.82, 2.24) is 5.32 Å². The number of carbonyl (C=O) groups excluding carboxylic acids is 1. The number of aliphatic hydroxyl groups is 1. The summed E-state index contributed by atoms with van der Waals surface area (Å²) in [6, 6.07) is -0.819. The fourth-order valence-electron chi connectivity index (χ4n) is 8.06. The van der Waals surface area contributed by atoms with Gasteiger partial charge in [-0.3, -0.25) is 9.32 Å². The highest BCUT2D eigenvalue weighted by Gasteiger charge is 2.25. The van der Waals surface area contributed by atoms with Crippen molar-refractivity contribution >= 4 is 13.7 Å². The second kappa shape index (κ2) is 44.1. The molecule has 8 heteroatoms. The van der Waals surface area contributed by atoms with E-state index in [0.29, 0.717) is 12.8 Å². The molecule has 0 spiro atoms. The van der Waals surface area contributed by atoms with Gasteiger partial charge in [-0.05, 0) is 12.8 Å². The van der Waals surface area contributed by atoms with Crippen LogP contribution < -0.4 is 5.32 Å². The summed E-state index contributed by atoms with van der Waals surface area (Å²) in [7, 11) is -4.69. The zero-order chi connectivity index (χ0) is 41.1. The molecule has 0 saturated heterocycles. The van der Waals surface area contributed by atoms with E-state index in [1.807, 2.05) is 0 Å². The molecular formula is C48H98NO6P. The van der Waals surface area contributed by atoms with Crippen molar-refractivity contribution in [3.8, 4) is 0 Å². The molecule has 0 aliphatic rings. The molecule has 0 unspecified atom stereocenters. The van der Waals surface area contributed by atoms with E-state index in [9.17, 15) is 24.3 Å². The molecule has 0 radical (unpaired) electrons. The molecule has 56 heavy (non-hydrogen) atoms. The van der Waals surface area contributed by atoms with Crippen molar-refractivity contribution in [2.75, 3.05) is 6.61 Å². The maximum atomic E-state index is 12.7. The number of unbranched alkanes of at least 4 members (excludes halogenated alkanes) is 38. The Morgan fingerprint density at radius 2 is 0.696 bits per heavy atom. The monoisotopic (exact) mass is 816 g/mol. The Labute approximate surface area is 349 Å². The lowest BCUT2D eigenvalue weighted by atomic mass is 10.0. The molecule has 0 rings (SSSR count). The predicted octanol–water partition coefficient (Wildman–Crippen LogP) is 15.4. The second-order valence-electron chi connectivity index (χ2n) is 17.5. The zero-order valence-corrected chi connectivity index (χ0v) is 38.5. The first-order valence-corrected chi connectivity index (χ1v) is 26.5. The van der Waals surface area contributed by atoms with Crippen molar-refractivity contribution in [3.05, 3.63) is 0 Å². The maximum Gasteiger partial charge on any atom is 0.469 e. The van der Waals surface area contributed by atoms with Gasteiger partial charge in [-0.2, -0.15) is 0 Å². The molecule has 0 heterocycles. The lowest BCUT2D eigenvalue weighted by Gasteiger charge is -2.24. The van der Waals surface area contributed by atoms with Crippen molar-refractivity contribution in [2.45, 2.75) is 296 Å². The summed E-state index contributed by atoms with van der Waals surface area (Å²) >= 11 is 0. The third-order valence-electron chi connectivity index (χ3n) is 11.8. The highest BCUT2D eigenvalue weighted by atomic mass is 31.2. The van der Waals surface area contributed by atoms with Crippen LogP contribution in [0.25, 0.3) is 0 Å². The van der Waals surface area contributed by atoms with E-state index >= 15 is 0 Å². The van der Waals surface area contributed by atoms with Crippen LogP contribution >= 0.6 is 7.82 Å². The van der Waals surface area contributed by atoms with E-state index in [0.717, 1.165) is 38.5 Å². The Bertz CT molecular complexity index is 838.